The maximum Gasteiger partial charge on any atom is 0.240 e. The van der Waals surface area contributed by atoms with Crippen molar-refractivity contribution in [2.45, 2.75) is 13.1 Å². The molecule has 0 aliphatic heterocycles. The van der Waals surface area contributed by atoms with Gasteiger partial charge in [-0.05, 0) is 17.5 Å². The molecule has 0 bridgehead atoms. The topological polar surface area (TPSA) is 51.1 Å². The number of carbonyl (C=O) groups excluding carboxylic acids is 2. The van der Waals surface area contributed by atoms with Gasteiger partial charge in [0.1, 0.15) is 6.54 Å². The number of aromatic nitrogens is 1. The number of aldehydes is 1. The van der Waals surface area contributed by atoms with Crippen LogP contribution in [0.2, 0.25) is 0 Å². The van der Waals surface area contributed by atoms with E-state index in [0.717, 1.165) is 22.1 Å². The maximum absolute atomic E-state index is 12.0. The van der Waals surface area contributed by atoms with Crippen LogP contribution in [0.15, 0.2) is 48.0 Å². The molecule has 0 fully saturated rings. The molecule has 0 aliphatic carbocycles. The predicted molar refractivity (Wildman–Crippen MR) is 83.5 cm³/mol. The first-order valence-electron chi connectivity index (χ1n) is 6.60. The van der Waals surface area contributed by atoms with Gasteiger partial charge in [0.25, 0.3) is 0 Å². The molecule has 0 saturated heterocycles. The zero-order valence-electron chi connectivity index (χ0n) is 11.3. The van der Waals surface area contributed by atoms with Gasteiger partial charge in [-0.25, -0.2) is 0 Å². The van der Waals surface area contributed by atoms with Gasteiger partial charge < -0.3 is 9.88 Å². The summed E-state index contributed by atoms with van der Waals surface area (Å²) >= 11 is 1.61. The normalized spacial score (nSPS) is 10.7. The lowest BCUT2D eigenvalue weighted by molar-refractivity contribution is -0.121. The summed E-state index contributed by atoms with van der Waals surface area (Å²) in [5.41, 5.74) is 1.50. The van der Waals surface area contributed by atoms with E-state index in [1.807, 2.05) is 46.3 Å². The molecule has 0 spiro atoms. The van der Waals surface area contributed by atoms with E-state index in [4.69, 9.17) is 0 Å². The van der Waals surface area contributed by atoms with Gasteiger partial charge in [0.2, 0.25) is 5.91 Å². The fraction of sp³-hybridized carbons (Fsp3) is 0.125. The van der Waals surface area contributed by atoms with E-state index in [9.17, 15) is 9.59 Å². The Hall–Kier alpha value is -2.40. The van der Waals surface area contributed by atoms with Crippen molar-refractivity contribution in [1.29, 1.82) is 0 Å². The van der Waals surface area contributed by atoms with Crippen LogP contribution >= 0.6 is 11.3 Å². The molecule has 1 aromatic carbocycles. The molecule has 3 rings (SSSR count). The third-order valence-electron chi connectivity index (χ3n) is 3.30. The Balaban J connectivity index is 1.75. The molecular weight excluding hydrogens is 284 g/mol. The number of benzene rings is 1. The molecule has 0 atom stereocenters. The van der Waals surface area contributed by atoms with Crippen molar-refractivity contribution in [3.63, 3.8) is 0 Å². The van der Waals surface area contributed by atoms with Gasteiger partial charge in [0.15, 0.2) is 6.29 Å². The third kappa shape index (κ3) is 2.87. The van der Waals surface area contributed by atoms with Gasteiger partial charge in [-0.2, -0.15) is 0 Å². The number of hydrogen-bond donors (Lipinski definition) is 1. The second-order valence-electron chi connectivity index (χ2n) is 4.70. The van der Waals surface area contributed by atoms with E-state index in [1.54, 1.807) is 17.5 Å². The lowest BCUT2D eigenvalue weighted by atomic mass is 10.2. The van der Waals surface area contributed by atoms with Crippen LogP contribution in [-0.4, -0.2) is 16.8 Å². The van der Waals surface area contributed by atoms with Crippen LogP contribution in [0.3, 0.4) is 0 Å². The number of para-hydroxylation sites is 1. The number of nitrogens with zero attached hydrogens (tertiary/aromatic N) is 1. The van der Waals surface area contributed by atoms with Crippen molar-refractivity contribution in [1.82, 2.24) is 9.88 Å². The van der Waals surface area contributed by atoms with Gasteiger partial charge >= 0.3 is 0 Å². The van der Waals surface area contributed by atoms with Crippen molar-refractivity contribution in [2.24, 2.45) is 0 Å². The fourth-order valence-electron chi connectivity index (χ4n) is 2.31. The van der Waals surface area contributed by atoms with Crippen molar-refractivity contribution >= 4 is 34.4 Å². The molecule has 21 heavy (non-hydrogen) atoms. The first-order chi connectivity index (χ1) is 10.3. The number of nitrogens with one attached hydrogen (secondary N) is 1. The molecule has 0 radical (unpaired) electrons. The molecule has 0 unspecified atom stereocenters. The highest BCUT2D eigenvalue weighted by atomic mass is 32.1. The van der Waals surface area contributed by atoms with Crippen LogP contribution in [0.5, 0.6) is 0 Å². The number of rotatable bonds is 5. The van der Waals surface area contributed by atoms with E-state index >= 15 is 0 Å². The van der Waals surface area contributed by atoms with Crippen molar-refractivity contribution in [2.75, 3.05) is 0 Å². The Morgan fingerprint density at radius 2 is 2.10 bits per heavy atom. The number of thiophene rings is 1. The summed E-state index contributed by atoms with van der Waals surface area (Å²) in [5, 5.41) is 5.74. The van der Waals surface area contributed by atoms with E-state index in [-0.39, 0.29) is 12.5 Å². The standard InChI is InChI=1S/C16H14N2O2S/c19-11-12-9-18(15-6-2-1-5-14(12)15)10-16(20)17-8-13-4-3-7-21-13/h1-7,9,11H,8,10H2,(H,17,20). The lowest BCUT2D eigenvalue weighted by Gasteiger charge is -2.06. The monoisotopic (exact) mass is 298 g/mol. The van der Waals surface area contributed by atoms with Crippen LogP contribution < -0.4 is 5.32 Å². The highest BCUT2D eigenvalue weighted by Gasteiger charge is 2.10. The van der Waals surface area contributed by atoms with Crippen LogP contribution in [0.4, 0.5) is 0 Å². The summed E-state index contributed by atoms with van der Waals surface area (Å²) < 4.78 is 1.81. The molecular formula is C16H14N2O2S. The number of hydrogen-bond acceptors (Lipinski definition) is 3. The summed E-state index contributed by atoms with van der Waals surface area (Å²) in [6, 6.07) is 11.5. The van der Waals surface area contributed by atoms with Gasteiger partial charge in [0.05, 0.1) is 6.54 Å². The molecule has 3 aromatic rings. The number of carbonyl (C=O) groups is 2. The first-order valence-corrected chi connectivity index (χ1v) is 7.48. The van der Waals surface area contributed by atoms with E-state index in [2.05, 4.69) is 5.32 Å². The SMILES string of the molecule is O=Cc1cn(CC(=O)NCc2cccs2)c2ccccc12. The zero-order valence-corrected chi connectivity index (χ0v) is 12.1. The number of fused-ring (bicyclic) bond motifs is 1. The summed E-state index contributed by atoms with van der Waals surface area (Å²) in [6.07, 6.45) is 2.55. The molecule has 4 nitrogen and oxygen atoms in total. The molecule has 2 aromatic heterocycles. The maximum atomic E-state index is 12.0. The Bertz CT molecular complexity index is 775. The van der Waals surface area contributed by atoms with Crippen molar-refractivity contribution in [3.8, 4) is 0 Å². The summed E-state index contributed by atoms with van der Waals surface area (Å²) in [7, 11) is 0. The fourth-order valence-corrected chi connectivity index (χ4v) is 2.95. The van der Waals surface area contributed by atoms with Crippen LogP contribution in [-0.2, 0) is 17.9 Å². The molecule has 5 heteroatoms. The minimum Gasteiger partial charge on any atom is -0.350 e. The predicted octanol–water partition coefficient (Wildman–Crippen LogP) is 2.83. The van der Waals surface area contributed by atoms with E-state index in [0.29, 0.717) is 12.1 Å². The van der Waals surface area contributed by atoms with Gasteiger partial charge in [0, 0.05) is 27.5 Å². The molecule has 0 saturated carbocycles. The van der Waals surface area contributed by atoms with Gasteiger partial charge in [-0.3, -0.25) is 9.59 Å². The highest BCUT2D eigenvalue weighted by Crippen LogP contribution is 2.19. The van der Waals surface area contributed by atoms with Crippen molar-refractivity contribution < 1.29 is 9.59 Å². The quantitative estimate of drug-likeness (QED) is 0.736. The average Bonchev–Trinajstić information content (AvgIpc) is 3.13. The minimum atomic E-state index is -0.0680. The summed E-state index contributed by atoms with van der Waals surface area (Å²) in [4.78, 5) is 24.2. The molecule has 1 N–H and O–H groups in total. The van der Waals surface area contributed by atoms with Crippen molar-refractivity contribution in [3.05, 3.63) is 58.4 Å². The second kappa shape index (κ2) is 5.93. The third-order valence-corrected chi connectivity index (χ3v) is 4.18. The van der Waals surface area contributed by atoms with E-state index in [1.165, 1.54) is 0 Å². The highest BCUT2D eigenvalue weighted by molar-refractivity contribution is 7.09. The zero-order chi connectivity index (χ0) is 14.7. The summed E-state index contributed by atoms with van der Waals surface area (Å²) in [6.45, 7) is 0.746. The smallest absolute Gasteiger partial charge is 0.240 e. The Morgan fingerprint density at radius 1 is 1.24 bits per heavy atom. The Kier molecular flexibility index (Phi) is 3.83. The molecule has 106 valence electrons. The van der Waals surface area contributed by atoms with Crippen LogP contribution in [0, 0.1) is 0 Å². The molecule has 0 aliphatic rings. The van der Waals surface area contributed by atoms with Gasteiger partial charge in [-0.15, -0.1) is 11.3 Å². The van der Waals surface area contributed by atoms with E-state index < -0.39 is 0 Å². The van der Waals surface area contributed by atoms with Gasteiger partial charge in [-0.1, -0.05) is 24.3 Å². The Labute approximate surface area is 126 Å². The number of amides is 1. The molecule has 2 heterocycles. The largest absolute Gasteiger partial charge is 0.350 e. The Morgan fingerprint density at radius 3 is 2.86 bits per heavy atom. The molecule has 1 amide bonds. The summed E-state index contributed by atoms with van der Waals surface area (Å²) in [5.74, 6) is -0.0680. The van der Waals surface area contributed by atoms with Crippen LogP contribution in [0.25, 0.3) is 10.9 Å². The first kappa shape index (κ1) is 13.6. The lowest BCUT2D eigenvalue weighted by Crippen LogP contribution is -2.26. The van der Waals surface area contributed by atoms with Crippen LogP contribution in [0.1, 0.15) is 15.2 Å². The second-order valence-corrected chi connectivity index (χ2v) is 5.74. The minimum absolute atomic E-state index is 0.0680. The average molecular weight is 298 g/mol.